The van der Waals surface area contributed by atoms with Gasteiger partial charge in [0.05, 0.1) is 20.3 Å². The number of alkyl halides is 3. The minimum absolute atomic E-state index is 0.0402. The molecule has 2 rings (SSSR count). The van der Waals surface area contributed by atoms with Crippen molar-refractivity contribution in [2.75, 3.05) is 14.2 Å². The molecule has 1 heterocycles. The van der Waals surface area contributed by atoms with Crippen LogP contribution in [-0.2, 0) is 15.7 Å². The number of hydrogen-bond acceptors (Lipinski definition) is 6. The van der Waals surface area contributed by atoms with Crippen molar-refractivity contribution in [1.29, 1.82) is 0 Å². The number of fused-ring (bicyclic) bond motifs is 1. The topological polar surface area (TPSA) is 97.8 Å². The van der Waals surface area contributed by atoms with E-state index >= 15 is 0 Å². The predicted octanol–water partition coefficient (Wildman–Crippen LogP) is 1.91. The summed E-state index contributed by atoms with van der Waals surface area (Å²) in [5, 5.41) is 12.1. The van der Waals surface area contributed by atoms with Crippen molar-refractivity contribution in [3.8, 4) is 5.75 Å². The molecular weight excluding hydrogens is 369 g/mol. The van der Waals surface area contributed by atoms with E-state index in [1.54, 1.807) is 0 Å². The van der Waals surface area contributed by atoms with Crippen LogP contribution in [0.4, 0.5) is 13.2 Å². The fourth-order valence-electron chi connectivity index (χ4n) is 2.44. The highest BCUT2D eigenvalue weighted by molar-refractivity contribution is 6.08. The maximum absolute atomic E-state index is 12.9. The molecule has 0 aliphatic rings. The number of pyridine rings is 1. The second kappa shape index (κ2) is 7.78. The Bertz CT molecular complexity index is 868. The van der Waals surface area contributed by atoms with Crippen LogP contribution in [0.3, 0.4) is 0 Å². The number of aliphatic hydroxyl groups is 1. The summed E-state index contributed by atoms with van der Waals surface area (Å²) in [4.78, 5) is 27.8. The van der Waals surface area contributed by atoms with Crippen LogP contribution >= 0.6 is 0 Å². The molecule has 0 spiro atoms. The Kier molecular flexibility index (Phi) is 5.89. The number of benzene rings is 1. The maximum Gasteiger partial charge on any atom is 0.433 e. The number of nitrogens with one attached hydrogen (secondary N) is 1. The Morgan fingerprint density at radius 3 is 2.37 bits per heavy atom. The molecule has 1 amide bonds. The van der Waals surface area contributed by atoms with Crippen LogP contribution in [-0.4, -0.2) is 48.3 Å². The van der Waals surface area contributed by atoms with E-state index in [-0.39, 0.29) is 22.2 Å². The van der Waals surface area contributed by atoms with Gasteiger partial charge in [-0.05, 0) is 31.2 Å². The quantitative estimate of drug-likeness (QED) is 0.762. The van der Waals surface area contributed by atoms with E-state index in [9.17, 15) is 27.9 Å². The van der Waals surface area contributed by atoms with Gasteiger partial charge in [0, 0.05) is 10.9 Å². The molecule has 10 heteroatoms. The van der Waals surface area contributed by atoms with Crippen LogP contribution < -0.4 is 10.1 Å². The molecular formula is C17H17F3N2O5. The van der Waals surface area contributed by atoms with Gasteiger partial charge in [-0.15, -0.1) is 0 Å². The molecule has 2 atom stereocenters. The number of halogens is 3. The van der Waals surface area contributed by atoms with Crippen molar-refractivity contribution >= 4 is 22.8 Å². The highest BCUT2D eigenvalue weighted by atomic mass is 19.4. The smallest absolute Gasteiger partial charge is 0.433 e. The fraction of sp³-hybridized carbons (Fsp3) is 0.353. The predicted molar refractivity (Wildman–Crippen MR) is 88.2 cm³/mol. The number of aliphatic hydroxyl groups excluding tert-OH is 1. The van der Waals surface area contributed by atoms with E-state index in [4.69, 9.17) is 4.74 Å². The minimum atomic E-state index is -4.67. The van der Waals surface area contributed by atoms with Gasteiger partial charge in [0.1, 0.15) is 17.0 Å². The normalized spacial score (nSPS) is 13.7. The third-order valence-corrected chi connectivity index (χ3v) is 3.80. The average Bonchev–Trinajstić information content (AvgIpc) is 2.62. The molecule has 146 valence electrons. The Labute approximate surface area is 152 Å². The standard InChI is InChI=1S/C17H17F3N2O5/c1-8(23)13(16(25)27-3)22-15(24)10-4-6-11(26-2)14-9(10)5-7-12(21-14)17(18,19)20/h4-8,13,23H,1-3H3,(H,22,24). The monoisotopic (exact) mass is 386 g/mol. The van der Waals surface area contributed by atoms with Crippen LogP contribution in [0.2, 0.25) is 0 Å². The largest absolute Gasteiger partial charge is 0.494 e. The van der Waals surface area contributed by atoms with Gasteiger partial charge in [-0.1, -0.05) is 0 Å². The summed E-state index contributed by atoms with van der Waals surface area (Å²) in [7, 11) is 2.35. The lowest BCUT2D eigenvalue weighted by Crippen LogP contribution is -2.48. The van der Waals surface area contributed by atoms with Crippen LogP contribution in [0.25, 0.3) is 10.9 Å². The first kappa shape index (κ1) is 20.4. The van der Waals surface area contributed by atoms with E-state index in [0.29, 0.717) is 0 Å². The first-order valence-electron chi connectivity index (χ1n) is 7.71. The molecule has 0 aliphatic carbocycles. The number of ether oxygens (including phenoxy) is 2. The number of rotatable bonds is 5. The molecule has 27 heavy (non-hydrogen) atoms. The number of carbonyl (C=O) groups excluding carboxylic acids is 2. The van der Waals surface area contributed by atoms with Gasteiger partial charge >= 0.3 is 12.1 Å². The molecule has 0 saturated heterocycles. The van der Waals surface area contributed by atoms with E-state index in [1.165, 1.54) is 26.2 Å². The van der Waals surface area contributed by atoms with Gasteiger partial charge in [-0.25, -0.2) is 9.78 Å². The third-order valence-electron chi connectivity index (χ3n) is 3.80. The Morgan fingerprint density at radius 1 is 1.19 bits per heavy atom. The summed E-state index contributed by atoms with van der Waals surface area (Å²) in [5.41, 5.74) is -1.34. The molecule has 0 bridgehead atoms. The second-order valence-electron chi connectivity index (χ2n) is 5.62. The summed E-state index contributed by atoms with van der Waals surface area (Å²) in [5.74, 6) is -1.61. The lowest BCUT2D eigenvalue weighted by Gasteiger charge is -2.19. The molecule has 2 N–H and O–H groups in total. The van der Waals surface area contributed by atoms with Gasteiger partial charge in [-0.2, -0.15) is 13.2 Å². The summed E-state index contributed by atoms with van der Waals surface area (Å²) in [6.45, 7) is 1.28. The number of aromatic nitrogens is 1. The van der Waals surface area contributed by atoms with Crippen LogP contribution in [0.5, 0.6) is 5.75 Å². The van der Waals surface area contributed by atoms with Gasteiger partial charge < -0.3 is 19.9 Å². The molecule has 1 aromatic heterocycles. The Balaban J connectivity index is 2.52. The summed E-state index contributed by atoms with van der Waals surface area (Å²) >= 11 is 0. The van der Waals surface area contributed by atoms with E-state index < -0.39 is 35.9 Å². The summed E-state index contributed by atoms with van der Waals surface area (Å²) in [6.07, 6.45) is -5.92. The molecule has 2 aromatic rings. The highest BCUT2D eigenvalue weighted by Crippen LogP contribution is 2.33. The first-order valence-corrected chi connectivity index (χ1v) is 7.71. The fourth-order valence-corrected chi connectivity index (χ4v) is 2.44. The first-order chi connectivity index (χ1) is 12.6. The number of esters is 1. The number of carbonyl (C=O) groups is 2. The van der Waals surface area contributed by atoms with E-state index in [2.05, 4.69) is 15.0 Å². The van der Waals surface area contributed by atoms with Crippen molar-refractivity contribution < 1.29 is 37.3 Å². The third kappa shape index (κ3) is 4.27. The molecule has 0 radical (unpaired) electrons. The molecule has 0 fully saturated rings. The minimum Gasteiger partial charge on any atom is -0.494 e. The van der Waals surface area contributed by atoms with Crippen molar-refractivity contribution in [3.63, 3.8) is 0 Å². The van der Waals surface area contributed by atoms with Crippen LogP contribution in [0.15, 0.2) is 24.3 Å². The van der Waals surface area contributed by atoms with Crippen LogP contribution in [0.1, 0.15) is 23.0 Å². The molecule has 0 saturated carbocycles. The molecule has 2 unspecified atom stereocenters. The lowest BCUT2D eigenvalue weighted by molar-refractivity contribution is -0.145. The molecule has 1 aromatic carbocycles. The summed E-state index contributed by atoms with van der Waals surface area (Å²) in [6, 6.07) is 3.10. The number of methoxy groups -OCH3 is 2. The van der Waals surface area contributed by atoms with Crippen molar-refractivity contribution in [1.82, 2.24) is 10.3 Å². The Morgan fingerprint density at radius 2 is 1.85 bits per heavy atom. The Hall–Kier alpha value is -2.88. The van der Waals surface area contributed by atoms with Gasteiger partial charge in [-0.3, -0.25) is 4.79 Å². The van der Waals surface area contributed by atoms with Gasteiger partial charge in [0.25, 0.3) is 5.91 Å². The van der Waals surface area contributed by atoms with Crippen molar-refractivity contribution in [2.45, 2.75) is 25.2 Å². The van der Waals surface area contributed by atoms with Gasteiger partial charge in [0.15, 0.2) is 6.04 Å². The number of hydrogen-bond donors (Lipinski definition) is 2. The number of nitrogens with zero attached hydrogens (tertiary/aromatic N) is 1. The average molecular weight is 386 g/mol. The van der Waals surface area contributed by atoms with E-state index in [1.807, 2.05) is 0 Å². The lowest BCUT2D eigenvalue weighted by atomic mass is 10.0. The zero-order valence-electron chi connectivity index (χ0n) is 14.6. The zero-order valence-corrected chi connectivity index (χ0v) is 14.6. The van der Waals surface area contributed by atoms with Crippen molar-refractivity contribution in [3.05, 3.63) is 35.5 Å². The maximum atomic E-state index is 12.9. The second-order valence-corrected chi connectivity index (χ2v) is 5.62. The molecule has 7 nitrogen and oxygen atoms in total. The highest BCUT2D eigenvalue weighted by Gasteiger charge is 2.33. The van der Waals surface area contributed by atoms with Gasteiger partial charge in [0.2, 0.25) is 0 Å². The van der Waals surface area contributed by atoms with E-state index in [0.717, 1.165) is 19.2 Å². The SMILES string of the molecule is COC(=O)C(NC(=O)c1ccc(OC)c2nc(C(F)(F)F)ccc12)C(C)O. The zero-order chi connectivity index (χ0) is 20.4. The van der Waals surface area contributed by atoms with Crippen LogP contribution in [0, 0.1) is 0 Å². The number of amides is 1. The summed E-state index contributed by atoms with van der Waals surface area (Å²) < 4.78 is 48.4. The molecule has 0 aliphatic heterocycles. The van der Waals surface area contributed by atoms with Crippen molar-refractivity contribution in [2.24, 2.45) is 0 Å².